The Balaban J connectivity index is 1.96. The number of aromatic carboxylic acids is 1. The Morgan fingerprint density at radius 3 is 2.84 bits per heavy atom. The smallest absolute Gasteiger partial charge is 0.335 e. The predicted octanol–water partition coefficient (Wildman–Crippen LogP) is 1.98. The Labute approximate surface area is 113 Å². The number of pyridine rings is 1. The van der Waals surface area contributed by atoms with Gasteiger partial charge in [0.05, 0.1) is 5.56 Å². The number of nitrogens with one attached hydrogen (secondary N) is 1. The van der Waals surface area contributed by atoms with E-state index in [1.807, 2.05) is 0 Å². The number of carboxylic acids is 1. The molecule has 0 radical (unpaired) electrons. The van der Waals surface area contributed by atoms with Crippen molar-refractivity contribution in [2.24, 2.45) is 0 Å². The average molecular weight is 263 g/mol. The first-order chi connectivity index (χ1) is 8.97. The summed E-state index contributed by atoms with van der Waals surface area (Å²) in [6.45, 7) is 4.74. The number of carbonyl (C=O) groups is 1. The van der Waals surface area contributed by atoms with Crippen molar-refractivity contribution in [1.29, 1.82) is 0 Å². The summed E-state index contributed by atoms with van der Waals surface area (Å²) in [4.78, 5) is 17.7. The van der Waals surface area contributed by atoms with E-state index in [-0.39, 0.29) is 5.56 Å². The Kier molecular flexibility index (Phi) is 4.04. The van der Waals surface area contributed by atoms with Crippen molar-refractivity contribution in [2.75, 3.05) is 18.9 Å². The number of likely N-dealkylation sites (N-methyl/N-ethyl adjacent to an activating group) is 1. The van der Waals surface area contributed by atoms with Crippen molar-refractivity contribution < 1.29 is 9.90 Å². The fraction of sp³-hybridized carbons (Fsp3) is 0.571. The van der Waals surface area contributed by atoms with Crippen LogP contribution >= 0.6 is 0 Å². The summed E-state index contributed by atoms with van der Waals surface area (Å²) in [7, 11) is 2.14. The second kappa shape index (κ2) is 5.57. The summed E-state index contributed by atoms with van der Waals surface area (Å²) in [6.07, 6.45) is 2.57. The van der Waals surface area contributed by atoms with E-state index in [1.54, 1.807) is 19.1 Å². The van der Waals surface area contributed by atoms with Crippen LogP contribution in [0.1, 0.15) is 35.8 Å². The van der Waals surface area contributed by atoms with Gasteiger partial charge in [-0.3, -0.25) is 4.90 Å². The van der Waals surface area contributed by atoms with Crippen molar-refractivity contribution in [2.45, 2.75) is 38.8 Å². The third-order valence-corrected chi connectivity index (χ3v) is 3.60. The first-order valence-corrected chi connectivity index (χ1v) is 6.65. The molecule has 19 heavy (non-hydrogen) atoms. The van der Waals surface area contributed by atoms with Crippen molar-refractivity contribution in [3.05, 3.63) is 23.4 Å². The van der Waals surface area contributed by atoms with E-state index in [0.29, 0.717) is 17.6 Å². The van der Waals surface area contributed by atoms with Crippen molar-refractivity contribution in [3.63, 3.8) is 0 Å². The van der Waals surface area contributed by atoms with Crippen LogP contribution in [0.3, 0.4) is 0 Å². The van der Waals surface area contributed by atoms with E-state index in [2.05, 4.69) is 29.2 Å². The lowest BCUT2D eigenvalue weighted by Gasteiger charge is -2.24. The first-order valence-electron chi connectivity index (χ1n) is 6.65. The van der Waals surface area contributed by atoms with Gasteiger partial charge in [0, 0.05) is 24.3 Å². The minimum Gasteiger partial charge on any atom is -0.478 e. The summed E-state index contributed by atoms with van der Waals surface area (Å²) < 4.78 is 0. The summed E-state index contributed by atoms with van der Waals surface area (Å²) in [5.74, 6) is -0.287. The average Bonchev–Trinajstić information content (AvgIpc) is 3.18. The van der Waals surface area contributed by atoms with Crippen LogP contribution in [0, 0.1) is 6.92 Å². The van der Waals surface area contributed by atoms with Gasteiger partial charge in [0.2, 0.25) is 0 Å². The van der Waals surface area contributed by atoms with Gasteiger partial charge in [0.15, 0.2) is 0 Å². The minimum absolute atomic E-state index is 0.276. The Bertz CT molecular complexity index is 472. The molecule has 0 bridgehead atoms. The molecule has 1 aromatic heterocycles. The van der Waals surface area contributed by atoms with Crippen molar-refractivity contribution >= 4 is 11.8 Å². The second-order valence-corrected chi connectivity index (χ2v) is 5.31. The van der Waals surface area contributed by atoms with E-state index in [1.165, 1.54) is 12.8 Å². The SMILES string of the molecule is Cc1cc(C(=O)O)cc(NCC(C)N(C)C2CC2)n1. The third kappa shape index (κ3) is 3.67. The summed E-state index contributed by atoms with van der Waals surface area (Å²) in [5, 5.41) is 12.2. The van der Waals surface area contributed by atoms with Gasteiger partial charge in [-0.05, 0) is 45.9 Å². The molecule has 1 heterocycles. The van der Waals surface area contributed by atoms with Gasteiger partial charge in [-0.1, -0.05) is 0 Å². The molecular weight excluding hydrogens is 242 g/mol. The van der Waals surface area contributed by atoms with Gasteiger partial charge in [0.25, 0.3) is 0 Å². The fourth-order valence-corrected chi connectivity index (χ4v) is 2.12. The van der Waals surface area contributed by atoms with Gasteiger partial charge in [-0.2, -0.15) is 0 Å². The van der Waals surface area contributed by atoms with Gasteiger partial charge < -0.3 is 10.4 Å². The Morgan fingerprint density at radius 1 is 1.58 bits per heavy atom. The topological polar surface area (TPSA) is 65.5 Å². The fourth-order valence-electron chi connectivity index (χ4n) is 2.12. The number of anilines is 1. The van der Waals surface area contributed by atoms with Crippen LogP contribution in [0.2, 0.25) is 0 Å². The third-order valence-electron chi connectivity index (χ3n) is 3.60. The van der Waals surface area contributed by atoms with Gasteiger partial charge in [-0.25, -0.2) is 9.78 Å². The Morgan fingerprint density at radius 2 is 2.26 bits per heavy atom. The second-order valence-electron chi connectivity index (χ2n) is 5.31. The highest BCUT2D eigenvalue weighted by molar-refractivity contribution is 5.88. The zero-order chi connectivity index (χ0) is 14.0. The number of hydrogen-bond acceptors (Lipinski definition) is 4. The molecule has 0 aliphatic heterocycles. The van der Waals surface area contributed by atoms with Crippen molar-refractivity contribution in [3.8, 4) is 0 Å². The highest BCUT2D eigenvalue weighted by Crippen LogP contribution is 2.26. The Hall–Kier alpha value is -1.62. The normalized spacial score (nSPS) is 16.4. The van der Waals surface area contributed by atoms with Gasteiger partial charge >= 0.3 is 5.97 Å². The molecule has 1 saturated carbocycles. The number of hydrogen-bond donors (Lipinski definition) is 2. The number of aromatic nitrogens is 1. The number of rotatable bonds is 6. The predicted molar refractivity (Wildman–Crippen MR) is 74.7 cm³/mol. The zero-order valence-corrected chi connectivity index (χ0v) is 11.7. The van der Waals surface area contributed by atoms with Crippen LogP contribution in [0.25, 0.3) is 0 Å². The lowest BCUT2D eigenvalue weighted by atomic mass is 10.2. The molecule has 104 valence electrons. The lowest BCUT2D eigenvalue weighted by Crippen LogP contribution is -2.36. The van der Waals surface area contributed by atoms with Crippen LogP contribution in [-0.4, -0.2) is 46.6 Å². The molecule has 0 amide bonds. The van der Waals surface area contributed by atoms with Crippen LogP contribution < -0.4 is 5.32 Å². The van der Waals surface area contributed by atoms with Crippen molar-refractivity contribution in [1.82, 2.24) is 9.88 Å². The van der Waals surface area contributed by atoms with Gasteiger partial charge in [0.1, 0.15) is 5.82 Å². The van der Waals surface area contributed by atoms with E-state index in [0.717, 1.165) is 12.6 Å². The number of aryl methyl sites for hydroxylation is 1. The van der Waals surface area contributed by atoms with E-state index >= 15 is 0 Å². The number of carboxylic acid groups (broad SMARTS) is 1. The molecule has 0 aromatic carbocycles. The van der Waals surface area contributed by atoms with Gasteiger partial charge in [-0.15, -0.1) is 0 Å². The molecule has 1 aliphatic rings. The molecule has 1 unspecified atom stereocenters. The maximum atomic E-state index is 11.0. The highest BCUT2D eigenvalue weighted by Gasteiger charge is 2.28. The van der Waals surface area contributed by atoms with E-state index < -0.39 is 5.97 Å². The number of nitrogens with zero attached hydrogens (tertiary/aromatic N) is 2. The molecule has 2 rings (SSSR count). The maximum Gasteiger partial charge on any atom is 0.335 e. The van der Waals surface area contributed by atoms with Crippen LogP contribution in [0.15, 0.2) is 12.1 Å². The standard InChI is InChI=1S/C14H21N3O2/c1-9-6-11(14(18)19)7-13(16-9)15-8-10(2)17(3)12-4-5-12/h6-7,10,12H,4-5,8H2,1-3H3,(H,15,16)(H,18,19). The largest absolute Gasteiger partial charge is 0.478 e. The monoisotopic (exact) mass is 263 g/mol. The molecule has 1 aromatic rings. The zero-order valence-electron chi connectivity index (χ0n) is 11.7. The lowest BCUT2D eigenvalue weighted by molar-refractivity contribution is 0.0696. The molecule has 1 fully saturated rings. The first kappa shape index (κ1) is 13.8. The van der Waals surface area contributed by atoms with E-state index in [9.17, 15) is 4.79 Å². The van der Waals surface area contributed by atoms with Crippen LogP contribution in [0.4, 0.5) is 5.82 Å². The quantitative estimate of drug-likeness (QED) is 0.821. The highest BCUT2D eigenvalue weighted by atomic mass is 16.4. The molecule has 1 aliphatic carbocycles. The van der Waals surface area contributed by atoms with Crippen LogP contribution in [-0.2, 0) is 0 Å². The molecule has 1 atom stereocenters. The molecule has 5 heteroatoms. The summed E-state index contributed by atoms with van der Waals surface area (Å²) in [5.41, 5.74) is 0.990. The maximum absolute atomic E-state index is 11.0. The molecule has 0 saturated heterocycles. The molecule has 5 nitrogen and oxygen atoms in total. The van der Waals surface area contributed by atoms with Crippen LogP contribution in [0.5, 0.6) is 0 Å². The summed E-state index contributed by atoms with van der Waals surface area (Å²) in [6, 6.07) is 4.28. The summed E-state index contributed by atoms with van der Waals surface area (Å²) >= 11 is 0. The molecule has 2 N–H and O–H groups in total. The van der Waals surface area contributed by atoms with E-state index in [4.69, 9.17) is 5.11 Å². The minimum atomic E-state index is -0.920. The molecular formula is C14H21N3O2. The molecule has 0 spiro atoms.